The zero-order valence-corrected chi connectivity index (χ0v) is 22.4. The molecule has 2 unspecified atom stereocenters. The molecule has 2 aliphatic heterocycles. The number of fused-ring (bicyclic) bond motifs is 1. The van der Waals surface area contributed by atoms with Crippen LogP contribution in [0.1, 0.15) is 51.3 Å². The quantitative estimate of drug-likeness (QED) is 0.460. The van der Waals surface area contributed by atoms with Crippen molar-refractivity contribution in [3.63, 3.8) is 0 Å². The first-order valence-electron chi connectivity index (χ1n) is 12.6. The molecule has 0 radical (unpaired) electrons. The summed E-state index contributed by atoms with van der Waals surface area (Å²) in [5.41, 5.74) is 4.48. The number of hydrogen-bond acceptors (Lipinski definition) is 4. The highest BCUT2D eigenvalue weighted by atomic mass is 35.5. The Kier molecular flexibility index (Phi) is 7.47. The van der Waals surface area contributed by atoms with Crippen molar-refractivity contribution in [1.29, 1.82) is 0 Å². The summed E-state index contributed by atoms with van der Waals surface area (Å²) in [4.78, 5) is 34.4. The number of benzene rings is 2. The largest absolute Gasteiger partial charge is 0.340 e. The maximum Gasteiger partial charge on any atom is 0.253 e. The van der Waals surface area contributed by atoms with Gasteiger partial charge in [-0.1, -0.05) is 35.9 Å². The van der Waals surface area contributed by atoms with E-state index in [-0.39, 0.29) is 23.9 Å². The van der Waals surface area contributed by atoms with Gasteiger partial charge in [0.15, 0.2) is 0 Å². The lowest BCUT2D eigenvalue weighted by Gasteiger charge is -2.41. The van der Waals surface area contributed by atoms with Crippen LogP contribution < -0.4 is 0 Å². The molecule has 0 spiro atoms. The molecule has 3 heterocycles. The number of nitrogens with zero attached hydrogens (tertiary/aromatic N) is 3. The fourth-order valence-electron chi connectivity index (χ4n) is 5.51. The Bertz CT molecular complexity index is 1240. The van der Waals surface area contributed by atoms with E-state index in [1.807, 2.05) is 28.1 Å². The summed E-state index contributed by atoms with van der Waals surface area (Å²) in [5.74, 6) is 0.141. The third-order valence-electron chi connectivity index (χ3n) is 7.53. The summed E-state index contributed by atoms with van der Waals surface area (Å²) in [5, 5.41) is 2.79. The number of halogens is 1. The molecule has 3 aromatic rings. The Labute approximate surface area is 222 Å². The standard InChI is InChI=1S/C29H32ClN3O2S/c1-20-6-3-4-7-24(20)27-25-13-19-36-26(25)12-16-33(27)21(2)28(34)31-14-5-15-32(18-17-31)29(35)22-8-10-23(30)11-9-22/h3-4,6-11,13,19,21,27H,5,12,14-18H2,1-2H3. The van der Waals surface area contributed by atoms with Crippen LogP contribution in [0.25, 0.3) is 0 Å². The molecule has 1 saturated heterocycles. The lowest BCUT2D eigenvalue weighted by Crippen LogP contribution is -2.51. The van der Waals surface area contributed by atoms with Crippen LogP contribution in [0, 0.1) is 6.92 Å². The molecule has 2 aromatic carbocycles. The SMILES string of the molecule is Cc1ccccc1C1c2ccsc2CCN1C(C)C(=O)N1CCCN(C(=O)c2ccc(Cl)cc2)CC1. The van der Waals surface area contributed by atoms with Crippen LogP contribution in [0.2, 0.25) is 5.02 Å². The molecular weight excluding hydrogens is 490 g/mol. The van der Waals surface area contributed by atoms with Gasteiger partial charge in [-0.15, -0.1) is 11.3 Å². The molecule has 2 atom stereocenters. The molecule has 2 amide bonds. The average Bonchev–Trinajstić information content (AvgIpc) is 3.24. The molecule has 188 valence electrons. The summed E-state index contributed by atoms with van der Waals surface area (Å²) < 4.78 is 0. The van der Waals surface area contributed by atoms with Gasteiger partial charge >= 0.3 is 0 Å². The van der Waals surface area contributed by atoms with Crippen molar-refractivity contribution in [2.24, 2.45) is 0 Å². The first-order chi connectivity index (χ1) is 17.4. The minimum absolute atomic E-state index is 0.00495. The van der Waals surface area contributed by atoms with Crippen molar-refractivity contribution >= 4 is 34.8 Å². The number of rotatable bonds is 4. The highest BCUT2D eigenvalue weighted by Gasteiger charge is 2.37. The first-order valence-corrected chi connectivity index (χ1v) is 13.9. The Morgan fingerprint density at radius 1 is 0.917 bits per heavy atom. The fourth-order valence-corrected chi connectivity index (χ4v) is 6.54. The van der Waals surface area contributed by atoms with Crippen molar-refractivity contribution in [3.8, 4) is 0 Å². The Morgan fingerprint density at radius 3 is 2.42 bits per heavy atom. The summed E-state index contributed by atoms with van der Waals surface area (Å²) in [6.07, 6.45) is 1.74. The van der Waals surface area contributed by atoms with E-state index >= 15 is 0 Å². The van der Waals surface area contributed by atoms with Crippen molar-refractivity contribution < 1.29 is 9.59 Å². The van der Waals surface area contributed by atoms with Crippen molar-refractivity contribution in [3.05, 3.63) is 92.1 Å². The van der Waals surface area contributed by atoms with Gasteiger partial charge in [-0.05, 0) is 79.1 Å². The van der Waals surface area contributed by atoms with Gasteiger partial charge in [0, 0.05) is 48.2 Å². The van der Waals surface area contributed by atoms with Crippen LogP contribution in [0.3, 0.4) is 0 Å². The second-order valence-corrected chi connectivity index (χ2v) is 11.1. The second-order valence-electron chi connectivity index (χ2n) is 9.70. The van der Waals surface area contributed by atoms with E-state index in [1.54, 1.807) is 24.3 Å². The van der Waals surface area contributed by atoms with Gasteiger partial charge in [-0.3, -0.25) is 14.5 Å². The smallest absolute Gasteiger partial charge is 0.253 e. The molecule has 36 heavy (non-hydrogen) atoms. The maximum absolute atomic E-state index is 13.8. The molecular formula is C29H32ClN3O2S. The molecule has 0 bridgehead atoms. The fraction of sp³-hybridized carbons (Fsp3) is 0.379. The predicted molar refractivity (Wildman–Crippen MR) is 146 cm³/mol. The number of aryl methyl sites for hydroxylation is 1. The number of carbonyl (C=O) groups is 2. The highest BCUT2D eigenvalue weighted by molar-refractivity contribution is 7.10. The zero-order valence-electron chi connectivity index (χ0n) is 20.8. The molecule has 5 rings (SSSR count). The molecule has 7 heteroatoms. The van der Waals surface area contributed by atoms with Gasteiger partial charge in [-0.2, -0.15) is 0 Å². The Morgan fingerprint density at radius 2 is 1.64 bits per heavy atom. The van der Waals surface area contributed by atoms with Crippen LogP contribution >= 0.6 is 22.9 Å². The number of amides is 2. The zero-order chi connectivity index (χ0) is 25.2. The van der Waals surface area contributed by atoms with Gasteiger partial charge in [0.25, 0.3) is 5.91 Å². The third-order valence-corrected chi connectivity index (χ3v) is 8.78. The van der Waals surface area contributed by atoms with Crippen molar-refractivity contribution in [2.45, 2.75) is 38.8 Å². The lowest BCUT2D eigenvalue weighted by molar-refractivity contribution is -0.137. The van der Waals surface area contributed by atoms with E-state index in [1.165, 1.54) is 21.6 Å². The van der Waals surface area contributed by atoms with Crippen molar-refractivity contribution in [2.75, 3.05) is 32.7 Å². The minimum Gasteiger partial charge on any atom is -0.340 e. The van der Waals surface area contributed by atoms with Gasteiger partial charge < -0.3 is 9.80 Å². The van der Waals surface area contributed by atoms with E-state index in [0.29, 0.717) is 36.8 Å². The number of hydrogen-bond donors (Lipinski definition) is 0. The monoisotopic (exact) mass is 521 g/mol. The number of carbonyl (C=O) groups excluding carboxylic acids is 2. The van der Waals surface area contributed by atoms with Crippen molar-refractivity contribution in [1.82, 2.24) is 14.7 Å². The minimum atomic E-state index is -0.249. The van der Waals surface area contributed by atoms with Crippen LogP contribution in [-0.2, 0) is 11.2 Å². The van der Waals surface area contributed by atoms with E-state index < -0.39 is 0 Å². The number of thiophene rings is 1. The predicted octanol–water partition coefficient (Wildman–Crippen LogP) is 5.42. The molecule has 0 N–H and O–H groups in total. The lowest BCUT2D eigenvalue weighted by atomic mass is 9.89. The Hall–Kier alpha value is -2.67. The van der Waals surface area contributed by atoms with Crippen LogP contribution in [0.4, 0.5) is 0 Å². The molecule has 1 aromatic heterocycles. The molecule has 2 aliphatic rings. The topological polar surface area (TPSA) is 43.9 Å². The van der Waals surface area contributed by atoms with Gasteiger partial charge in [-0.25, -0.2) is 0 Å². The highest BCUT2D eigenvalue weighted by Crippen LogP contribution is 2.40. The molecule has 0 aliphatic carbocycles. The summed E-state index contributed by atoms with van der Waals surface area (Å²) in [7, 11) is 0. The summed E-state index contributed by atoms with van der Waals surface area (Å²) >= 11 is 7.80. The average molecular weight is 522 g/mol. The molecule has 1 fully saturated rings. The van der Waals surface area contributed by atoms with Crippen LogP contribution in [0.15, 0.2) is 60.0 Å². The van der Waals surface area contributed by atoms with Gasteiger partial charge in [0.2, 0.25) is 5.91 Å². The Balaban J connectivity index is 1.32. The summed E-state index contributed by atoms with van der Waals surface area (Å²) in [6.45, 7) is 7.46. The first kappa shape index (κ1) is 25.0. The summed E-state index contributed by atoms with van der Waals surface area (Å²) in [6, 6.07) is 17.6. The van der Waals surface area contributed by atoms with Gasteiger partial charge in [0.1, 0.15) is 0 Å². The third kappa shape index (κ3) is 4.95. The van der Waals surface area contributed by atoms with E-state index in [0.717, 1.165) is 19.4 Å². The van der Waals surface area contributed by atoms with Crippen LogP contribution in [0.5, 0.6) is 0 Å². The molecule has 5 nitrogen and oxygen atoms in total. The van der Waals surface area contributed by atoms with E-state index in [4.69, 9.17) is 11.6 Å². The van der Waals surface area contributed by atoms with Crippen LogP contribution in [-0.4, -0.2) is 65.3 Å². The maximum atomic E-state index is 13.8. The normalized spacial score (nSPS) is 19.5. The van der Waals surface area contributed by atoms with Gasteiger partial charge in [0.05, 0.1) is 12.1 Å². The molecule has 0 saturated carbocycles. The van der Waals surface area contributed by atoms with E-state index in [2.05, 4.69) is 47.5 Å². The second kappa shape index (κ2) is 10.8. The van der Waals surface area contributed by atoms with E-state index in [9.17, 15) is 9.59 Å².